The van der Waals surface area contributed by atoms with E-state index >= 15 is 0 Å². The van der Waals surface area contributed by atoms with E-state index in [1.165, 1.54) is 141 Å². The van der Waals surface area contributed by atoms with Crippen molar-refractivity contribution >= 4 is 79.2 Å². The molecule has 0 unspecified atom stereocenters. The molecule has 0 aliphatic heterocycles. The molecule has 4 heteroatoms. The summed E-state index contributed by atoms with van der Waals surface area (Å²) >= 11 is 10.7. The van der Waals surface area contributed by atoms with Gasteiger partial charge in [-0.05, 0) is 165 Å². The Morgan fingerprint density at radius 2 is 0.714 bits per heavy atom. The molecule has 0 fully saturated rings. The van der Waals surface area contributed by atoms with Crippen molar-refractivity contribution in [2.24, 2.45) is 0 Å². The Morgan fingerprint density at radius 1 is 0.298 bits per heavy atom. The molecule has 0 nitrogen and oxygen atoms in total. The van der Waals surface area contributed by atoms with Crippen molar-refractivity contribution in [2.45, 2.75) is 10.8 Å². The summed E-state index contributed by atoms with van der Waals surface area (Å²) in [7, 11) is 0. The molecular formula is C80H50S4. The van der Waals surface area contributed by atoms with Crippen LogP contribution in [0.15, 0.2) is 291 Å². The monoisotopic (exact) mass is 1140 g/mol. The molecule has 0 bridgehead atoms. The van der Waals surface area contributed by atoms with Crippen molar-refractivity contribution in [1.29, 1.82) is 0 Å². The molecule has 0 radical (unpaired) electrons. The highest BCUT2D eigenvalue weighted by atomic mass is 32.1. The van der Waals surface area contributed by atoms with Gasteiger partial charge >= 0.3 is 0 Å². The molecule has 3 heterocycles. The van der Waals surface area contributed by atoms with Crippen LogP contribution in [0.4, 0.5) is 0 Å². The van der Waals surface area contributed by atoms with Crippen LogP contribution in [0.5, 0.6) is 0 Å². The lowest BCUT2D eigenvalue weighted by atomic mass is 9.52. The van der Waals surface area contributed by atoms with Gasteiger partial charge in [-0.25, -0.2) is 0 Å². The summed E-state index contributed by atoms with van der Waals surface area (Å²) in [6, 6.07) is 105. The minimum atomic E-state index is -0.595. The van der Waals surface area contributed by atoms with E-state index in [-0.39, 0.29) is 0 Å². The lowest BCUT2D eigenvalue weighted by molar-refractivity contribution is 0.633. The molecule has 0 saturated carbocycles. The smallest absolute Gasteiger partial charge is 0.0720 e. The normalized spacial score (nSPS) is 14.0. The standard InChI is InChI=1S/C80H50S4/c81-70(37-19-22-50-20-3-1-4-21-50)72-43-46-75(83-72)77-58-29-7-8-30-59(58)78(76-47-45-74(84-76)73-44-42-71(82-73)51-23-5-2-6-24-51)61-48-52(38-40-60(61)77)53-39-41-68-69(49-53)80(64-33-15-11-27-56(64)57-28-12-16-34-65(57)80)67-36-18-17-35-66(67)79(68)62-31-13-9-25-54(62)55-26-10-14-32-63(55)79/h1-49,81H/b22-19+,70-37-. The number of fused-ring (bicyclic) bond motifs is 18. The van der Waals surface area contributed by atoms with E-state index in [2.05, 4.69) is 297 Å². The number of benzene rings is 11. The topological polar surface area (TPSA) is 0 Å². The molecule has 14 aromatic rings. The van der Waals surface area contributed by atoms with Crippen LogP contribution in [0.25, 0.3) is 107 Å². The van der Waals surface area contributed by atoms with Gasteiger partial charge in [-0.2, -0.15) is 0 Å². The van der Waals surface area contributed by atoms with Crippen molar-refractivity contribution in [3.63, 3.8) is 0 Å². The highest BCUT2D eigenvalue weighted by Crippen LogP contribution is 2.68. The number of thiol groups is 1. The summed E-state index contributed by atoms with van der Waals surface area (Å²) in [5.41, 5.74) is 22.0. The van der Waals surface area contributed by atoms with E-state index in [9.17, 15) is 0 Å². The van der Waals surface area contributed by atoms with Crippen molar-refractivity contribution in [3.05, 3.63) is 346 Å². The van der Waals surface area contributed by atoms with E-state index in [0.29, 0.717) is 0 Å². The van der Waals surface area contributed by atoms with Gasteiger partial charge in [-0.15, -0.1) is 46.6 Å². The van der Waals surface area contributed by atoms with Crippen LogP contribution < -0.4 is 0 Å². The fourth-order valence-corrected chi connectivity index (χ4v) is 18.1. The molecule has 3 aliphatic carbocycles. The largest absolute Gasteiger partial charge is 0.142 e. The Hall–Kier alpha value is -9.13. The molecule has 3 aliphatic rings. The first-order valence-electron chi connectivity index (χ1n) is 28.7. The summed E-state index contributed by atoms with van der Waals surface area (Å²) in [5, 5.41) is 4.94. The Balaban J connectivity index is 0.910. The zero-order chi connectivity index (χ0) is 55.5. The summed E-state index contributed by atoms with van der Waals surface area (Å²) in [6.45, 7) is 0. The van der Waals surface area contributed by atoms with E-state index < -0.39 is 10.8 Å². The van der Waals surface area contributed by atoms with E-state index in [1.54, 1.807) is 0 Å². The second-order valence-corrected chi connectivity index (χ2v) is 26.0. The summed E-state index contributed by atoms with van der Waals surface area (Å²) in [5.74, 6) is 0. The minimum absolute atomic E-state index is 0.555. The van der Waals surface area contributed by atoms with E-state index in [4.69, 9.17) is 12.6 Å². The third kappa shape index (κ3) is 7.25. The fourth-order valence-electron chi connectivity index (χ4n) is 14.6. The van der Waals surface area contributed by atoms with E-state index in [0.717, 1.165) is 15.3 Å². The van der Waals surface area contributed by atoms with Crippen molar-refractivity contribution < 1.29 is 0 Å². The van der Waals surface area contributed by atoms with Gasteiger partial charge in [0, 0.05) is 45.3 Å². The third-order valence-electron chi connectivity index (χ3n) is 18.0. The molecule has 0 amide bonds. The van der Waals surface area contributed by atoms with Crippen molar-refractivity contribution in [1.82, 2.24) is 0 Å². The van der Waals surface area contributed by atoms with Crippen molar-refractivity contribution in [3.8, 4) is 74.5 Å². The van der Waals surface area contributed by atoms with Crippen LogP contribution in [-0.4, -0.2) is 0 Å². The average molecular weight is 1140 g/mol. The maximum absolute atomic E-state index is 5.10. The number of thiophene rings is 3. The molecule has 2 spiro atoms. The molecule has 3 aromatic heterocycles. The molecule has 84 heavy (non-hydrogen) atoms. The molecule has 0 N–H and O–H groups in total. The Kier molecular flexibility index (Phi) is 11.5. The molecule has 394 valence electrons. The second kappa shape index (κ2) is 19.5. The predicted octanol–water partition coefficient (Wildman–Crippen LogP) is 22.5. The maximum atomic E-state index is 5.10. The Labute approximate surface area is 506 Å². The minimum Gasteiger partial charge on any atom is -0.142 e. The zero-order valence-corrected chi connectivity index (χ0v) is 48.8. The van der Waals surface area contributed by atoms with Gasteiger partial charge in [-0.1, -0.05) is 243 Å². The molecule has 11 aromatic carbocycles. The van der Waals surface area contributed by atoms with E-state index in [1.807, 2.05) is 34.0 Å². The van der Waals surface area contributed by atoms with Crippen molar-refractivity contribution in [2.75, 3.05) is 0 Å². The number of hydrogen-bond acceptors (Lipinski definition) is 4. The van der Waals surface area contributed by atoms with Crippen LogP contribution in [-0.2, 0) is 10.8 Å². The molecule has 17 rings (SSSR count). The lowest BCUT2D eigenvalue weighted by Gasteiger charge is -2.49. The highest BCUT2D eigenvalue weighted by molar-refractivity contribution is 7.90. The molecule has 0 atom stereocenters. The maximum Gasteiger partial charge on any atom is 0.0720 e. The van der Waals surface area contributed by atoms with Crippen LogP contribution >= 0.6 is 46.6 Å². The van der Waals surface area contributed by atoms with Crippen LogP contribution in [0.1, 0.15) is 54.9 Å². The average Bonchev–Trinajstić information content (AvgIpc) is 1.41. The van der Waals surface area contributed by atoms with Crippen LogP contribution in [0.3, 0.4) is 0 Å². The number of hydrogen-bond donors (Lipinski definition) is 1. The first-order valence-corrected chi connectivity index (χ1v) is 31.6. The quantitative estimate of drug-likeness (QED) is 0.0875. The number of rotatable bonds is 8. The molecular weight excluding hydrogens is 1090 g/mol. The highest BCUT2D eigenvalue weighted by Gasteiger charge is 2.59. The van der Waals surface area contributed by atoms with Gasteiger partial charge in [0.05, 0.1) is 10.8 Å². The van der Waals surface area contributed by atoms with Gasteiger partial charge < -0.3 is 0 Å². The van der Waals surface area contributed by atoms with Gasteiger partial charge in [-0.3, -0.25) is 0 Å². The van der Waals surface area contributed by atoms with Gasteiger partial charge in [0.1, 0.15) is 0 Å². The second-order valence-electron chi connectivity index (χ2n) is 22.2. The number of allylic oxidation sites excluding steroid dienone is 2. The van der Waals surface area contributed by atoms with Gasteiger partial charge in [0.25, 0.3) is 0 Å². The summed E-state index contributed by atoms with van der Waals surface area (Å²) in [4.78, 5) is 8.36. The first kappa shape index (κ1) is 49.5. The first-order chi connectivity index (χ1) is 41.6. The Bertz CT molecular complexity index is 4950. The van der Waals surface area contributed by atoms with Gasteiger partial charge in [0.2, 0.25) is 0 Å². The summed E-state index contributed by atoms with van der Waals surface area (Å²) < 4.78 is 0. The Morgan fingerprint density at radius 3 is 1.32 bits per heavy atom. The fraction of sp³-hybridized carbons (Fsp3) is 0.0250. The van der Waals surface area contributed by atoms with Crippen LogP contribution in [0.2, 0.25) is 0 Å². The summed E-state index contributed by atoms with van der Waals surface area (Å²) in [6.07, 6.45) is 6.34. The van der Waals surface area contributed by atoms with Crippen LogP contribution in [0, 0.1) is 0 Å². The lowest BCUT2D eigenvalue weighted by Crippen LogP contribution is -2.43. The molecule has 0 saturated heterocycles. The predicted molar refractivity (Wildman–Crippen MR) is 363 cm³/mol. The van der Waals surface area contributed by atoms with Gasteiger partial charge in [0.15, 0.2) is 0 Å². The third-order valence-corrected chi connectivity index (χ3v) is 22.1. The SMILES string of the molecule is S/C(=C\C=C\c1ccccc1)c1ccc(-c2c3ccccc3c(-c3ccc(-c4ccc(-c5ccccc5)s4)s3)c3cc(-c4ccc5c(c4)C4(c6ccccc6-c6ccccc64)c4ccccc4C54c5ccccc5-c5ccccc54)ccc23)s1. The zero-order valence-electron chi connectivity index (χ0n) is 45.5.